The van der Waals surface area contributed by atoms with Crippen molar-refractivity contribution in [3.63, 3.8) is 0 Å². The Morgan fingerprint density at radius 1 is 1.08 bits per heavy atom. The monoisotopic (exact) mass is 325 g/mol. The maximum absolute atomic E-state index is 13.1. The first-order valence-electron chi connectivity index (χ1n) is 8.62. The van der Waals surface area contributed by atoms with Gasteiger partial charge in [-0.15, -0.1) is 0 Å². The second kappa shape index (κ2) is 6.76. The van der Waals surface area contributed by atoms with Crippen molar-refractivity contribution in [2.45, 2.75) is 38.0 Å². The molecule has 0 aliphatic heterocycles. The van der Waals surface area contributed by atoms with Gasteiger partial charge in [-0.3, -0.25) is 4.79 Å². The van der Waals surface area contributed by atoms with Gasteiger partial charge in [-0.05, 0) is 42.0 Å². The molecule has 0 saturated heterocycles. The summed E-state index contributed by atoms with van der Waals surface area (Å²) in [6, 6.07) is 16.6. The van der Waals surface area contributed by atoms with Crippen LogP contribution >= 0.6 is 0 Å². The maximum Gasteiger partial charge on any atom is 0.230 e. The summed E-state index contributed by atoms with van der Waals surface area (Å²) in [5.74, 6) is 0.530. The van der Waals surface area contributed by atoms with E-state index >= 15 is 0 Å². The number of halogens is 1. The van der Waals surface area contributed by atoms with Gasteiger partial charge in [0, 0.05) is 12.5 Å². The summed E-state index contributed by atoms with van der Waals surface area (Å²) in [6.07, 6.45) is 1.67. The van der Waals surface area contributed by atoms with Gasteiger partial charge >= 0.3 is 0 Å². The van der Waals surface area contributed by atoms with Crippen LogP contribution in [0.4, 0.5) is 4.39 Å². The third-order valence-electron chi connectivity index (χ3n) is 5.10. The van der Waals surface area contributed by atoms with Crippen molar-refractivity contribution in [2.24, 2.45) is 5.92 Å². The summed E-state index contributed by atoms with van der Waals surface area (Å²) in [4.78, 5) is 12.8. The third-order valence-corrected chi connectivity index (χ3v) is 5.10. The molecule has 3 rings (SSSR count). The molecule has 2 aromatic rings. The highest BCUT2D eigenvalue weighted by atomic mass is 19.1. The molecule has 0 heterocycles. The van der Waals surface area contributed by atoms with Gasteiger partial charge in [0.2, 0.25) is 5.91 Å². The molecule has 0 aromatic heterocycles. The Labute approximate surface area is 143 Å². The van der Waals surface area contributed by atoms with E-state index in [1.54, 1.807) is 12.1 Å². The first-order chi connectivity index (χ1) is 11.5. The van der Waals surface area contributed by atoms with E-state index < -0.39 is 5.41 Å². The first kappa shape index (κ1) is 16.7. The molecule has 1 N–H and O–H groups in total. The molecule has 0 radical (unpaired) electrons. The molecule has 1 atom stereocenters. The Balaban J connectivity index is 1.69. The molecule has 3 heteroatoms. The van der Waals surface area contributed by atoms with E-state index in [-0.39, 0.29) is 11.7 Å². The van der Waals surface area contributed by atoms with Crippen LogP contribution in [0.15, 0.2) is 54.6 Å². The minimum atomic E-state index is -0.452. The SMILES string of the molecule is CC(C)[C@H](CNC(=O)C1(c2ccc(F)cc2)CC1)c1ccccc1. The summed E-state index contributed by atoms with van der Waals surface area (Å²) >= 11 is 0. The lowest BCUT2D eigenvalue weighted by Crippen LogP contribution is -2.38. The van der Waals surface area contributed by atoms with Crippen LogP contribution in [0.1, 0.15) is 43.7 Å². The topological polar surface area (TPSA) is 29.1 Å². The van der Waals surface area contributed by atoms with Gasteiger partial charge in [0.25, 0.3) is 0 Å². The Morgan fingerprint density at radius 3 is 2.25 bits per heavy atom. The van der Waals surface area contributed by atoms with Crippen LogP contribution in [-0.2, 0) is 10.2 Å². The van der Waals surface area contributed by atoms with Crippen LogP contribution in [0.3, 0.4) is 0 Å². The fourth-order valence-electron chi connectivity index (χ4n) is 3.35. The number of rotatable bonds is 6. The van der Waals surface area contributed by atoms with Crippen LogP contribution in [0.25, 0.3) is 0 Å². The number of carbonyl (C=O) groups is 1. The van der Waals surface area contributed by atoms with Crippen molar-refractivity contribution in [3.05, 3.63) is 71.5 Å². The quantitative estimate of drug-likeness (QED) is 0.837. The molecule has 0 bridgehead atoms. The average molecular weight is 325 g/mol. The predicted molar refractivity (Wildman–Crippen MR) is 94.3 cm³/mol. The highest BCUT2D eigenvalue weighted by Gasteiger charge is 2.51. The number of hydrogen-bond donors (Lipinski definition) is 1. The lowest BCUT2D eigenvalue weighted by Gasteiger charge is -2.24. The number of nitrogens with one attached hydrogen (secondary N) is 1. The number of hydrogen-bond acceptors (Lipinski definition) is 1. The Bertz CT molecular complexity index is 690. The minimum Gasteiger partial charge on any atom is -0.355 e. The fraction of sp³-hybridized carbons (Fsp3) is 0.381. The number of benzene rings is 2. The standard InChI is InChI=1S/C21H24FNO/c1-15(2)19(16-6-4-3-5-7-16)14-23-20(24)21(12-13-21)17-8-10-18(22)11-9-17/h3-11,15,19H,12-14H2,1-2H3,(H,23,24)/t19-/m0/s1. The molecule has 1 saturated carbocycles. The van der Waals surface area contributed by atoms with Gasteiger partial charge in [0.05, 0.1) is 5.41 Å². The second-order valence-corrected chi connectivity index (χ2v) is 7.06. The van der Waals surface area contributed by atoms with Crippen molar-refractivity contribution < 1.29 is 9.18 Å². The number of amides is 1. The molecule has 2 nitrogen and oxygen atoms in total. The summed E-state index contributed by atoms with van der Waals surface area (Å²) in [7, 11) is 0. The maximum atomic E-state index is 13.1. The number of carbonyl (C=O) groups excluding carboxylic acids is 1. The molecule has 0 unspecified atom stereocenters. The normalized spacial score (nSPS) is 16.7. The van der Waals surface area contributed by atoms with E-state index in [0.717, 1.165) is 18.4 Å². The molecular formula is C21H24FNO. The second-order valence-electron chi connectivity index (χ2n) is 7.06. The van der Waals surface area contributed by atoms with Crippen molar-refractivity contribution >= 4 is 5.91 Å². The van der Waals surface area contributed by atoms with Crippen molar-refractivity contribution in [2.75, 3.05) is 6.54 Å². The predicted octanol–water partition coefficient (Wildman–Crippen LogP) is 4.41. The minimum absolute atomic E-state index is 0.0655. The molecule has 1 aliphatic rings. The van der Waals surface area contributed by atoms with Crippen LogP contribution in [-0.4, -0.2) is 12.5 Å². The Kier molecular flexibility index (Phi) is 4.70. The van der Waals surface area contributed by atoms with Crippen LogP contribution in [0.2, 0.25) is 0 Å². The van der Waals surface area contributed by atoms with Crippen LogP contribution < -0.4 is 5.32 Å². The van der Waals surface area contributed by atoms with E-state index in [9.17, 15) is 9.18 Å². The molecular weight excluding hydrogens is 301 g/mol. The molecule has 1 fully saturated rings. The zero-order valence-corrected chi connectivity index (χ0v) is 14.3. The van der Waals surface area contributed by atoms with Crippen LogP contribution in [0, 0.1) is 11.7 Å². The van der Waals surface area contributed by atoms with Gasteiger partial charge in [0.1, 0.15) is 5.82 Å². The lowest BCUT2D eigenvalue weighted by molar-refractivity contribution is -0.123. The Hall–Kier alpha value is -2.16. The Morgan fingerprint density at radius 2 is 1.71 bits per heavy atom. The van der Waals surface area contributed by atoms with Gasteiger partial charge in [0.15, 0.2) is 0 Å². The van der Waals surface area contributed by atoms with Gasteiger partial charge in [-0.1, -0.05) is 56.3 Å². The molecule has 1 amide bonds. The van der Waals surface area contributed by atoms with Crippen LogP contribution in [0.5, 0.6) is 0 Å². The molecule has 2 aromatic carbocycles. The van der Waals surface area contributed by atoms with E-state index in [0.29, 0.717) is 18.4 Å². The summed E-state index contributed by atoms with van der Waals surface area (Å²) in [6.45, 7) is 4.98. The highest BCUT2D eigenvalue weighted by Crippen LogP contribution is 2.48. The summed E-state index contributed by atoms with van der Waals surface area (Å²) in [5, 5.41) is 3.15. The van der Waals surface area contributed by atoms with E-state index in [1.165, 1.54) is 17.7 Å². The molecule has 126 valence electrons. The fourth-order valence-corrected chi connectivity index (χ4v) is 3.35. The smallest absolute Gasteiger partial charge is 0.230 e. The van der Waals surface area contributed by atoms with Gasteiger partial charge < -0.3 is 5.32 Å². The molecule has 24 heavy (non-hydrogen) atoms. The van der Waals surface area contributed by atoms with Crippen molar-refractivity contribution in [1.29, 1.82) is 0 Å². The molecule has 1 aliphatic carbocycles. The first-order valence-corrected chi connectivity index (χ1v) is 8.62. The van der Waals surface area contributed by atoms with Crippen molar-refractivity contribution in [3.8, 4) is 0 Å². The highest BCUT2D eigenvalue weighted by molar-refractivity contribution is 5.91. The molecule has 0 spiro atoms. The average Bonchev–Trinajstić information content (AvgIpc) is 3.38. The lowest BCUT2D eigenvalue weighted by atomic mass is 9.88. The summed E-state index contributed by atoms with van der Waals surface area (Å²) < 4.78 is 13.1. The largest absolute Gasteiger partial charge is 0.355 e. The van der Waals surface area contributed by atoms with E-state index in [2.05, 4.69) is 31.3 Å². The van der Waals surface area contributed by atoms with E-state index in [4.69, 9.17) is 0 Å². The van der Waals surface area contributed by atoms with Crippen molar-refractivity contribution in [1.82, 2.24) is 5.32 Å². The zero-order chi connectivity index (χ0) is 17.2. The third kappa shape index (κ3) is 3.35. The van der Waals surface area contributed by atoms with Gasteiger partial charge in [-0.25, -0.2) is 4.39 Å². The zero-order valence-electron chi connectivity index (χ0n) is 14.3. The van der Waals surface area contributed by atoms with E-state index in [1.807, 2.05) is 18.2 Å². The van der Waals surface area contributed by atoms with Gasteiger partial charge in [-0.2, -0.15) is 0 Å². The summed E-state index contributed by atoms with van der Waals surface area (Å²) in [5.41, 5.74) is 1.72.